The van der Waals surface area contributed by atoms with E-state index in [0.29, 0.717) is 22.2 Å². The third-order valence-electron chi connectivity index (χ3n) is 2.99. The molecule has 112 valence electrons. The molecule has 0 aliphatic rings. The van der Waals surface area contributed by atoms with Gasteiger partial charge in [-0.2, -0.15) is 0 Å². The Morgan fingerprint density at radius 1 is 1.38 bits per heavy atom. The molecule has 0 fully saturated rings. The Morgan fingerprint density at radius 3 is 2.67 bits per heavy atom. The summed E-state index contributed by atoms with van der Waals surface area (Å²) in [5, 5.41) is 0.631. The third kappa shape index (κ3) is 3.42. The van der Waals surface area contributed by atoms with E-state index >= 15 is 0 Å². The molecular weight excluding hydrogens is 374 g/mol. The number of rotatable bonds is 4. The Hall–Kier alpha value is -1.04. The van der Waals surface area contributed by atoms with Gasteiger partial charge in [-0.1, -0.05) is 34.5 Å². The molecule has 3 nitrogen and oxygen atoms in total. The Labute approximate surface area is 141 Å². The van der Waals surface area contributed by atoms with E-state index in [1.807, 2.05) is 25.1 Å². The van der Waals surface area contributed by atoms with Gasteiger partial charge in [0.05, 0.1) is 12.3 Å². The van der Waals surface area contributed by atoms with Crippen LogP contribution in [0.1, 0.15) is 29.1 Å². The van der Waals surface area contributed by atoms with Crippen LogP contribution in [0, 0.1) is 0 Å². The molecule has 0 radical (unpaired) electrons. The minimum absolute atomic E-state index is 0.329. The average Bonchev–Trinajstić information content (AvgIpc) is 2.75. The van der Waals surface area contributed by atoms with Gasteiger partial charge in [0.25, 0.3) is 0 Å². The monoisotopic (exact) mass is 387 g/mol. The first-order valence-electron chi connectivity index (χ1n) is 6.52. The number of halogens is 2. The van der Waals surface area contributed by atoms with E-state index in [1.54, 1.807) is 6.92 Å². The first-order valence-corrected chi connectivity index (χ1v) is 8.51. The zero-order valence-corrected chi connectivity index (χ0v) is 14.9. The predicted octanol–water partition coefficient (Wildman–Crippen LogP) is 5.15. The molecule has 0 saturated carbocycles. The topological polar surface area (TPSA) is 52.3 Å². The zero-order valence-electron chi connectivity index (χ0n) is 11.7. The van der Waals surface area contributed by atoms with Crippen LogP contribution in [0.3, 0.4) is 0 Å². The molecule has 0 amide bonds. The maximum absolute atomic E-state index is 12.0. The lowest BCUT2D eigenvalue weighted by Crippen LogP contribution is -2.05. The number of carbonyl (C=O) groups excluding carboxylic acids is 1. The lowest BCUT2D eigenvalue weighted by Gasteiger charge is -2.04. The number of nitrogens with two attached hydrogens (primary N) is 1. The SMILES string of the molecule is CCOC(=O)c1sc(-c2cc(Cl)cc(Br)c2)c(CC)c1N. The smallest absolute Gasteiger partial charge is 0.350 e. The number of nitrogen functional groups attached to an aromatic ring is 1. The largest absolute Gasteiger partial charge is 0.462 e. The Balaban J connectivity index is 2.58. The molecule has 0 aliphatic heterocycles. The number of anilines is 1. The molecule has 0 unspecified atom stereocenters. The maximum Gasteiger partial charge on any atom is 0.350 e. The van der Waals surface area contributed by atoms with Crippen molar-refractivity contribution in [1.29, 1.82) is 0 Å². The van der Waals surface area contributed by atoms with Gasteiger partial charge in [-0.3, -0.25) is 0 Å². The molecule has 0 spiro atoms. The molecule has 6 heteroatoms. The van der Waals surface area contributed by atoms with Gasteiger partial charge in [0.15, 0.2) is 0 Å². The van der Waals surface area contributed by atoms with Crippen LogP contribution in [0.4, 0.5) is 5.69 Å². The van der Waals surface area contributed by atoms with Crippen LogP contribution in [0.2, 0.25) is 5.02 Å². The predicted molar refractivity (Wildman–Crippen MR) is 92.2 cm³/mol. The lowest BCUT2D eigenvalue weighted by molar-refractivity contribution is 0.0533. The van der Waals surface area contributed by atoms with E-state index in [-0.39, 0.29) is 5.97 Å². The van der Waals surface area contributed by atoms with Gasteiger partial charge < -0.3 is 10.5 Å². The van der Waals surface area contributed by atoms with E-state index in [2.05, 4.69) is 15.9 Å². The fourth-order valence-corrected chi connectivity index (χ4v) is 4.15. The zero-order chi connectivity index (χ0) is 15.6. The van der Waals surface area contributed by atoms with Gasteiger partial charge in [0, 0.05) is 14.4 Å². The summed E-state index contributed by atoms with van der Waals surface area (Å²) in [5.74, 6) is -0.373. The van der Waals surface area contributed by atoms with Crippen molar-refractivity contribution in [3.63, 3.8) is 0 Å². The second-order valence-corrected chi connectivity index (χ2v) is 6.76. The minimum Gasteiger partial charge on any atom is -0.462 e. The van der Waals surface area contributed by atoms with E-state index in [9.17, 15) is 4.79 Å². The van der Waals surface area contributed by atoms with Gasteiger partial charge in [0.2, 0.25) is 0 Å². The summed E-state index contributed by atoms with van der Waals surface area (Å²) in [5.41, 5.74) is 8.53. The van der Waals surface area contributed by atoms with Crippen molar-refractivity contribution in [3.05, 3.63) is 38.1 Å². The highest BCUT2D eigenvalue weighted by molar-refractivity contribution is 9.10. The quantitative estimate of drug-likeness (QED) is 0.737. The van der Waals surface area contributed by atoms with Gasteiger partial charge in [0.1, 0.15) is 4.88 Å². The first-order chi connectivity index (χ1) is 9.97. The van der Waals surface area contributed by atoms with Gasteiger partial charge in [-0.05, 0) is 42.7 Å². The summed E-state index contributed by atoms with van der Waals surface area (Å²) in [7, 11) is 0. The number of thiophene rings is 1. The third-order valence-corrected chi connectivity index (χ3v) is 4.94. The molecule has 0 aliphatic carbocycles. The van der Waals surface area contributed by atoms with Crippen molar-refractivity contribution in [1.82, 2.24) is 0 Å². The van der Waals surface area contributed by atoms with Crippen LogP contribution in [-0.4, -0.2) is 12.6 Å². The molecule has 1 aromatic heterocycles. The Morgan fingerprint density at radius 2 is 2.10 bits per heavy atom. The van der Waals surface area contributed by atoms with E-state index in [1.165, 1.54) is 11.3 Å². The van der Waals surface area contributed by atoms with E-state index in [0.717, 1.165) is 26.9 Å². The first kappa shape index (κ1) is 16.3. The lowest BCUT2D eigenvalue weighted by atomic mass is 10.1. The van der Waals surface area contributed by atoms with Crippen molar-refractivity contribution in [2.24, 2.45) is 0 Å². The molecule has 0 atom stereocenters. The highest BCUT2D eigenvalue weighted by atomic mass is 79.9. The van der Waals surface area contributed by atoms with Gasteiger partial charge in [-0.15, -0.1) is 11.3 Å². The molecule has 2 aromatic rings. The standard InChI is InChI=1S/C15H15BrClNO2S/c1-3-11-12(18)14(15(19)20-4-2)21-13(11)8-5-9(16)7-10(17)6-8/h5-7H,3-4,18H2,1-2H3. The molecular formula is C15H15BrClNO2S. The number of benzene rings is 1. The maximum atomic E-state index is 12.0. The highest BCUT2D eigenvalue weighted by Crippen LogP contribution is 2.41. The average molecular weight is 389 g/mol. The van der Waals surface area contributed by atoms with Crippen LogP contribution in [0.15, 0.2) is 22.7 Å². The van der Waals surface area contributed by atoms with E-state index in [4.69, 9.17) is 22.1 Å². The number of hydrogen-bond donors (Lipinski definition) is 1. The molecule has 1 aromatic carbocycles. The molecule has 0 bridgehead atoms. The van der Waals surface area contributed by atoms with Crippen LogP contribution >= 0.6 is 38.9 Å². The minimum atomic E-state index is -0.373. The molecule has 0 saturated heterocycles. The summed E-state index contributed by atoms with van der Waals surface area (Å²) in [6, 6.07) is 5.65. The van der Waals surface area contributed by atoms with Crippen LogP contribution in [0.25, 0.3) is 10.4 Å². The molecule has 2 rings (SSSR count). The number of carbonyl (C=O) groups is 1. The van der Waals surface area contributed by atoms with Crippen molar-refractivity contribution in [2.75, 3.05) is 12.3 Å². The van der Waals surface area contributed by atoms with Crippen molar-refractivity contribution in [3.8, 4) is 10.4 Å². The van der Waals surface area contributed by atoms with Crippen LogP contribution < -0.4 is 5.73 Å². The fourth-order valence-electron chi connectivity index (χ4n) is 2.10. The second-order valence-electron chi connectivity index (χ2n) is 4.38. The molecule has 2 N–H and O–H groups in total. The van der Waals surface area contributed by atoms with Gasteiger partial charge >= 0.3 is 5.97 Å². The normalized spacial score (nSPS) is 10.7. The summed E-state index contributed by atoms with van der Waals surface area (Å²) in [4.78, 5) is 13.4. The summed E-state index contributed by atoms with van der Waals surface area (Å²) >= 11 is 10.9. The summed E-state index contributed by atoms with van der Waals surface area (Å²) in [6.45, 7) is 4.11. The van der Waals surface area contributed by atoms with Crippen molar-refractivity contribution < 1.29 is 9.53 Å². The van der Waals surface area contributed by atoms with Gasteiger partial charge in [-0.25, -0.2) is 4.79 Å². The number of esters is 1. The Bertz CT molecular complexity index is 664. The number of ether oxygens (including phenoxy) is 1. The van der Waals surface area contributed by atoms with Crippen LogP contribution in [-0.2, 0) is 11.2 Å². The summed E-state index contributed by atoms with van der Waals surface area (Å²) < 4.78 is 5.95. The Kier molecular flexibility index (Phi) is 5.30. The second kappa shape index (κ2) is 6.81. The molecule has 1 heterocycles. The highest BCUT2D eigenvalue weighted by Gasteiger charge is 2.22. The van der Waals surface area contributed by atoms with Crippen molar-refractivity contribution >= 4 is 50.5 Å². The van der Waals surface area contributed by atoms with E-state index < -0.39 is 0 Å². The fraction of sp³-hybridized carbons (Fsp3) is 0.267. The summed E-state index contributed by atoms with van der Waals surface area (Å²) in [6.07, 6.45) is 0.737. The number of hydrogen-bond acceptors (Lipinski definition) is 4. The molecule has 21 heavy (non-hydrogen) atoms. The van der Waals surface area contributed by atoms with Crippen molar-refractivity contribution in [2.45, 2.75) is 20.3 Å². The van der Waals surface area contributed by atoms with Crippen LogP contribution in [0.5, 0.6) is 0 Å².